The number of anilines is 1. The lowest BCUT2D eigenvalue weighted by Gasteiger charge is -2.25. The van der Waals surface area contributed by atoms with E-state index in [1.807, 2.05) is 18.2 Å². The highest BCUT2D eigenvalue weighted by Crippen LogP contribution is 2.35. The maximum absolute atomic E-state index is 12.5. The molecule has 118 valence electrons. The van der Waals surface area contributed by atoms with Crippen LogP contribution in [0.15, 0.2) is 48.8 Å². The van der Waals surface area contributed by atoms with Crippen molar-refractivity contribution in [2.75, 3.05) is 11.9 Å². The van der Waals surface area contributed by atoms with Crippen LogP contribution in [0.5, 0.6) is 0 Å². The van der Waals surface area contributed by atoms with Crippen LogP contribution in [0.1, 0.15) is 24.4 Å². The molecule has 1 aliphatic rings. The summed E-state index contributed by atoms with van der Waals surface area (Å²) in [5, 5.41) is 3.20. The fraction of sp³-hybridized carbons (Fsp3) is 0.235. The number of nitrogens with one attached hydrogen (secondary N) is 1. The molecule has 0 radical (unpaired) electrons. The standard InChI is InChI=1S/C17H16ClN3O2/c18-14-7-2-1-6-13(14)15-8-4-10-21(15)17(23)16(22)20-12-5-3-9-19-11-12/h1-3,5-7,9,11,15H,4,8,10H2,(H,20,22). The number of pyridine rings is 1. The molecule has 5 nitrogen and oxygen atoms in total. The summed E-state index contributed by atoms with van der Waals surface area (Å²) in [6, 6.07) is 10.7. The van der Waals surface area contributed by atoms with E-state index in [1.165, 1.54) is 6.20 Å². The van der Waals surface area contributed by atoms with Gasteiger partial charge >= 0.3 is 11.8 Å². The van der Waals surface area contributed by atoms with E-state index in [9.17, 15) is 9.59 Å². The number of hydrogen-bond donors (Lipinski definition) is 1. The number of hydrogen-bond acceptors (Lipinski definition) is 3. The Hall–Kier alpha value is -2.40. The third kappa shape index (κ3) is 3.35. The van der Waals surface area contributed by atoms with E-state index in [0.717, 1.165) is 18.4 Å². The van der Waals surface area contributed by atoms with Crippen LogP contribution in [-0.4, -0.2) is 28.2 Å². The van der Waals surface area contributed by atoms with Gasteiger partial charge in [0.1, 0.15) is 0 Å². The van der Waals surface area contributed by atoms with Gasteiger partial charge in [-0.05, 0) is 36.6 Å². The second-order valence-electron chi connectivity index (χ2n) is 5.37. The number of rotatable bonds is 2. The molecule has 1 saturated heterocycles. The summed E-state index contributed by atoms with van der Waals surface area (Å²) in [5.74, 6) is -1.20. The van der Waals surface area contributed by atoms with E-state index in [0.29, 0.717) is 17.3 Å². The smallest absolute Gasteiger partial charge is 0.313 e. The number of carbonyl (C=O) groups is 2. The van der Waals surface area contributed by atoms with Crippen LogP contribution in [0.2, 0.25) is 5.02 Å². The summed E-state index contributed by atoms with van der Waals surface area (Å²) in [6.07, 6.45) is 4.75. The SMILES string of the molecule is O=C(Nc1cccnc1)C(=O)N1CCCC1c1ccccc1Cl. The van der Waals surface area contributed by atoms with Crippen LogP contribution in [0.3, 0.4) is 0 Å². The molecule has 2 heterocycles. The maximum atomic E-state index is 12.5. The molecule has 23 heavy (non-hydrogen) atoms. The minimum atomic E-state index is -0.656. The Labute approximate surface area is 139 Å². The predicted molar refractivity (Wildman–Crippen MR) is 88.0 cm³/mol. The fourth-order valence-corrected chi connectivity index (χ4v) is 3.09. The zero-order chi connectivity index (χ0) is 16.2. The van der Waals surface area contributed by atoms with Crippen LogP contribution in [0.4, 0.5) is 5.69 Å². The Morgan fingerprint density at radius 3 is 2.78 bits per heavy atom. The average Bonchev–Trinajstić information content (AvgIpc) is 3.04. The lowest BCUT2D eigenvalue weighted by Crippen LogP contribution is -2.39. The molecule has 1 N–H and O–H groups in total. The molecule has 2 amide bonds. The van der Waals surface area contributed by atoms with Crippen molar-refractivity contribution in [1.29, 1.82) is 0 Å². The van der Waals surface area contributed by atoms with Crippen molar-refractivity contribution >= 4 is 29.1 Å². The van der Waals surface area contributed by atoms with E-state index in [-0.39, 0.29) is 6.04 Å². The van der Waals surface area contributed by atoms with E-state index in [4.69, 9.17) is 11.6 Å². The predicted octanol–water partition coefficient (Wildman–Crippen LogP) is 3.04. The first kappa shape index (κ1) is 15.5. The minimum Gasteiger partial charge on any atom is -0.327 e. The number of likely N-dealkylation sites (tertiary alicyclic amines) is 1. The molecule has 0 aliphatic carbocycles. The van der Waals surface area contributed by atoms with E-state index >= 15 is 0 Å². The molecule has 1 aromatic carbocycles. The number of nitrogens with zero attached hydrogens (tertiary/aromatic N) is 2. The molecule has 3 rings (SSSR count). The zero-order valence-corrected chi connectivity index (χ0v) is 13.2. The Morgan fingerprint density at radius 1 is 1.22 bits per heavy atom. The summed E-state index contributed by atoms with van der Waals surface area (Å²) in [4.78, 5) is 30.2. The molecule has 1 aliphatic heterocycles. The first-order valence-electron chi connectivity index (χ1n) is 7.43. The fourth-order valence-electron chi connectivity index (χ4n) is 2.83. The molecule has 6 heteroatoms. The van der Waals surface area contributed by atoms with Crippen molar-refractivity contribution in [2.24, 2.45) is 0 Å². The number of carbonyl (C=O) groups excluding carboxylic acids is 2. The van der Waals surface area contributed by atoms with E-state index in [2.05, 4.69) is 10.3 Å². The van der Waals surface area contributed by atoms with Crippen molar-refractivity contribution < 1.29 is 9.59 Å². The van der Waals surface area contributed by atoms with Crippen molar-refractivity contribution in [1.82, 2.24) is 9.88 Å². The molecule has 1 atom stereocenters. The molecular weight excluding hydrogens is 314 g/mol. The van der Waals surface area contributed by atoms with Crippen LogP contribution in [-0.2, 0) is 9.59 Å². The molecule has 2 aromatic rings. The number of benzene rings is 1. The number of amides is 2. The van der Waals surface area contributed by atoms with Gasteiger partial charge in [0.25, 0.3) is 0 Å². The second kappa shape index (κ2) is 6.79. The molecule has 1 aromatic heterocycles. The van der Waals surface area contributed by atoms with E-state index in [1.54, 1.807) is 29.3 Å². The van der Waals surface area contributed by atoms with Gasteiger partial charge in [-0.25, -0.2) is 0 Å². The Bertz CT molecular complexity index is 721. The van der Waals surface area contributed by atoms with Gasteiger partial charge in [-0.2, -0.15) is 0 Å². The quantitative estimate of drug-likeness (QED) is 0.861. The van der Waals surface area contributed by atoms with E-state index < -0.39 is 11.8 Å². The maximum Gasteiger partial charge on any atom is 0.313 e. The van der Waals surface area contributed by atoms with Crippen LogP contribution >= 0.6 is 11.6 Å². The van der Waals surface area contributed by atoms with Crippen LogP contribution < -0.4 is 5.32 Å². The van der Waals surface area contributed by atoms with Gasteiger partial charge in [-0.1, -0.05) is 29.8 Å². The lowest BCUT2D eigenvalue weighted by molar-refractivity contribution is -0.143. The van der Waals surface area contributed by atoms with Gasteiger partial charge in [-0.3, -0.25) is 14.6 Å². The highest BCUT2D eigenvalue weighted by Gasteiger charge is 2.34. The van der Waals surface area contributed by atoms with Crippen molar-refractivity contribution in [3.8, 4) is 0 Å². The molecule has 1 fully saturated rings. The third-order valence-electron chi connectivity index (χ3n) is 3.89. The summed E-state index contributed by atoms with van der Waals surface area (Å²) in [5.41, 5.74) is 1.38. The topological polar surface area (TPSA) is 62.3 Å². The van der Waals surface area contributed by atoms with Crippen LogP contribution in [0.25, 0.3) is 0 Å². The molecule has 0 saturated carbocycles. The summed E-state index contributed by atoms with van der Waals surface area (Å²) in [6.45, 7) is 0.551. The summed E-state index contributed by atoms with van der Waals surface area (Å²) >= 11 is 6.24. The van der Waals surface area contributed by atoms with Crippen molar-refractivity contribution in [3.63, 3.8) is 0 Å². The molecule has 0 bridgehead atoms. The third-order valence-corrected chi connectivity index (χ3v) is 4.24. The average molecular weight is 330 g/mol. The van der Waals surface area contributed by atoms with Crippen LogP contribution in [0, 0.1) is 0 Å². The van der Waals surface area contributed by atoms with Gasteiger partial charge < -0.3 is 10.2 Å². The van der Waals surface area contributed by atoms with Gasteiger partial charge in [0.2, 0.25) is 0 Å². The monoisotopic (exact) mass is 329 g/mol. The highest BCUT2D eigenvalue weighted by atomic mass is 35.5. The largest absolute Gasteiger partial charge is 0.327 e. The first-order valence-corrected chi connectivity index (χ1v) is 7.81. The molecular formula is C17H16ClN3O2. The first-order chi connectivity index (χ1) is 11.2. The van der Waals surface area contributed by atoms with Gasteiger partial charge in [0.15, 0.2) is 0 Å². The summed E-state index contributed by atoms with van der Waals surface area (Å²) in [7, 11) is 0. The zero-order valence-electron chi connectivity index (χ0n) is 12.4. The van der Waals surface area contributed by atoms with Crippen molar-refractivity contribution in [3.05, 3.63) is 59.4 Å². The van der Waals surface area contributed by atoms with Gasteiger partial charge in [0, 0.05) is 17.8 Å². The molecule has 1 unspecified atom stereocenters. The van der Waals surface area contributed by atoms with Gasteiger partial charge in [-0.15, -0.1) is 0 Å². The Morgan fingerprint density at radius 2 is 2.04 bits per heavy atom. The van der Waals surface area contributed by atoms with Crippen molar-refractivity contribution in [2.45, 2.75) is 18.9 Å². The summed E-state index contributed by atoms with van der Waals surface area (Å²) < 4.78 is 0. The number of aromatic nitrogens is 1. The minimum absolute atomic E-state index is 0.157. The lowest BCUT2D eigenvalue weighted by atomic mass is 10.0. The highest BCUT2D eigenvalue weighted by molar-refractivity contribution is 6.39. The Kier molecular flexibility index (Phi) is 4.57. The number of halogens is 1. The van der Waals surface area contributed by atoms with Gasteiger partial charge in [0.05, 0.1) is 17.9 Å². The molecule has 0 spiro atoms. The normalized spacial score (nSPS) is 17.1. The second-order valence-corrected chi connectivity index (χ2v) is 5.78. The Balaban J connectivity index is 1.76.